The van der Waals surface area contributed by atoms with Gasteiger partial charge in [0.1, 0.15) is 6.33 Å². The molecule has 30 heavy (non-hydrogen) atoms. The maximum Gasteiger partial charge on any atom is 0.231 e. The molecule has 1 unspecified atom stereocenters. The molecule has 0 amide bonds. The van der Waals surface area contributed by atoms with Gasteiger partial charge >= 0.3 is 0 Å². The van der Waals surface area contributed by atoms with Crippen LogP contribution >= 0.6 is 0 Å². The van der Waals surface area contributed by atoms with Crippen molar-refractivity contribution in [3.63, 3.8) is 0 Å². The number of hydrogen-bond acceptors (Lipinski definition) is 6. The van der Waals surface area contributed by atoms with Crippen LogP contribution in [-0.4, -0.2) is 26.6 Å². The quantitative estimate of drug-likeness (QED) is 0.571. The molecule has 6 rings (SSSR count). The molecule has 0 saturated carbocycles. The van der Waals surface area contributed by atoms with Crippen molar-refractivity contribution < 1.29 is 9.47 Å². The molecule has 7 nitrogen and oxygen atoms in total. The summed E-state index contributed by atoms with van der Waals surface area (Å²) in [6.45, 7) is 1.37. The van der Waals surface area contributed by atoms with Crippen molar-refractivity contribution in [2.75, 3.05) is 6.79 Å². The van der Waals surface area contributed by atoms with Gasteiger partial charge in [0.25, 0.3) is 0 Å². The fourth-order valence-electron chi connectivity index (χ4n) is 4.39. The smallest absolute Gasteiger partial charge is 0.231 e. The van der Waals surface area contributed by atoms with Crippen molar-refractivity contribution in [1.82, 2.24) is 19.9 Å². The summed E-state index contributed by atoms with van der Waals surface area (Å²) in [6, 6.07) is 15.4. The molecule has 0 bridgehead atoms. The predicted octanol–water partition coefficient (Wildman–Crippen LogP) is 3.15. The van der Waals surface area contributed by atoms with Crippen LogP contribution in [-0.2, 0) is 13.1 Å². The van der Waals surface area contributed by atoms with Crippen LogP contribution in [0.15, 0.2) is 65.8 Å². The molecule has 0 fully saturated rings. The first-order valence-electron chi connectivity index (χ1n) is 9.80. The van der Waals surface area contributed by atoms with Gasteiger partial charge in [-0.1, -0.05) is 18.2 Å². The zero-order chi connectivity index (χ0) is 20.1. The number of benzene rings is 2. The fraction of sp³-hybridized carbons (Fsp3) is 0.174. The molecule has 0 radical (unpaired) electrons. The Morgan fingerprint density at radius 3 is 2.90 bits per heavy atom. The van der Waals surface area contributed by atoms with Crippen LogP contribution < -0.4 is 14.9 Å². The minimum atomic E-state index is -0.123. The van der Waals surface area contributed by atoms with Crippen LogP contribution in [0.4, 0.5) is 0 Å². The number of pyridine rings is 1. The maximum atomic E-state index is 13.3. The molecule has 0 saturated heterocycles. The first kappa shape index (κ1) is 17.2. The Hall–Kier alpha value is -3.71. The van der Waals surface area contributed by atoms with E-state index in [2.05, 4.69) is 19.9 Å². The van der Waals surface area contributed by atoms with Crippen LogP contribution in [0.2, 0.25) is 0 Å². The Balaban J connectivity index is 1.52. The second-order valence-electron chi connectivity index (χ2n) is 7.51. The highest BCUT2D eigenvalue weighted by Crippen LogP contribution is 2.41. The van der Waals surface area contributed by atoms with Crippen molar-refractivity contribution in [3.05, 3.63) is 93.8 Å². The van der Waals surface area contributed by atoms with E-state index in [1.165, 1.54) is 0 Å². The summed E-state index contributed by atoms with van der Waals surface area (Å²) >= 11 is 0. The second kappa shape index (κ2) is 6.67. The Bertz CT molecular complexity index is 1320. The van der Waals surface area contributed by atoms with Gasteiger partial charge in [-0.05, 0) is 35.9 Å². The van der Waals surface area contributed by atoms with Gasteiger partial charge in [-0.3, -0.25) is 9.69 Å². The van der Waals surface area contributed by atoms with Crippen LogP contribution in [0.25, 0.3) is 10.9 Å². The molecule has 2 aromatic carbocycles. The van der Waals surface area contributed by atoms with Gasteiger partial charge in [-0.15, -0.1) is 0 Å². The van der Waals surface area contributed by atoms with Gasteiger partial charge in [0, 0.05) is 41.4 Å². The maximum absolute atomic E-state index is 13.3. The lowest BCUT2D eigenvalue weighted by Gasteiger charge is -2.25. The third-order valence-corrected chi connectivity index (χ3v) is 5.76. The van der Waals surface area contributed by atoms with Gasteiger partial charge < -0.3 is 14.5 Å². The molecular formula is C23H18N4O3. The standard InChI is InChI=1S/C23H18N4O3/c28-23-16-3-1-2-4-18(16)26-21-17(23)11-27(10-15-7-8-24-12-25-15)22(21)14-5-6-19-20(9-14)30-13-29-19/h1-9,12,22H,10-11,13H2,(H,26,28). The molecule has 7 heteroatoms. The number of para-hydroxylation sites is 1. The van der Waals surface area contributed by atoms with E-state index in [4.69, 9.17) is 9.47 Å². The van der Waals surface area contributed by atoms with Crippen molar-refractivity contribution in [2.24, 2.45) is 0 Å². The zero-order valence-corrected chi connectivity index (χ0v) is 16.0. The highest BCUT2D eigenvalue weighted by Gasteiger charge is 2.35. The summed E-state index contributed by atoms with van der Waals surface area (Å²) in [7, 11) is 0. The summed E-state index contributed by atoms with van der Waals surface area (Å²) in [5.41, 5.74) is 4.58. The molecule has 2 aliphatic heterocycles. The van der Waals surface area contributed by atoms with E-state index in [1.807, 2.05) is 48.5 Å². The molecule has 2 aromatic heterocycles. The molecule has 1 N–H and O–H groups in total. The number of aromatic amines is 1. The fourth-order valence-corrected chi connectivity index (χ4v) is 4.39. The lowest BCUT2D eigenvalue weighted by molar-refractivity contribution is 0.173. The Morgan fingerprint density at radius 1 is 1.10 bits per heavy atom. The van der Waals surface area contributed by atoms with Crippen LogP contribution in [0.5, 0.6) is 11.5 Å². The average molecular weight is 398 g/mol. The van der Waals surface area contributed by atoms with Crippen LogP contribution in [0, 0.1) is 0 Å². The molecule has 4 heterocycles. The number of nitrogens with one attached hydrogen (secondary N) is 1. The molecule has 0 spiro atoms. The third kappa shape index (κ3) is 2.67. The summed E-state index contributed by atoms with van der Waals surface area (Å²) in [5.74, 6) is 1.47. The van der Waals surface area contributed by atoms with Gasteiger partial charge in [-0.2, -0.15) is 0 Å². The molecule has 4 aromatic rings. The highest BCUT2D eigenvalue weighted by atomic mass is 16.7. The minimum Gasteiger partial charge on any atom is -0.454 e. The first-order valence-corrected chi connectivity index (χ1v) is 9.80. The Kier molecular flexibility index (Phi) is 3.82. The van der Waals surface area contributed by atoms with Gasteiger partial charge in [0.15, 0.2) is 16.9 Å². The van der Waals surface area contributed by atoms with Crippen molar-refractivity contribution in [2.45, 2.75) is 19.1 Å². The molecule has 1 atom stereocenters. The second-order valence-corrected chi connectivity index (χ2v) is 7.51. The van der Waals surface area contributed by atoms with E-state index in [1.54, 1.807) is 12.5 Å². The van der Waals surface area contributed by atoms with Gasteiger partial charge in [0.05, 0.1) is 11.7 Å². The zero-order valence-electron chi connectivity index (χ0n) is 16.0. The van der Waals surface area contributed by atoms with Crippen LogP contribution in [0.3, 0.4) is 0 Å². The van der Waals surface area contributed by atoms with E-state index in [0.29, 0.717) is 18.5 Å². The number of nitrogens with zero attached hydrogens (tertiary/aromatic N) is 3. The lowest BCUT2D eigenvalue weighted by atomic mass is 10.0. The lowest BCUT2D eigenvalue weighted by Crippen LogP contribution is -2.23. The number of hydrogen-bond donors (Lipinski definition) is 1. The average Bonchev–Trinajstić information content (AvgIpc) is 3.38. The van der Waals surface area contributed by atoms with E-state index in [9.17, 15) is 4.79 Å². The predicted molar refractivity (Wildman–Crippen MR) is 110 cm³/mol. The van der Waals surface area contributed by atoms with E-state index in [0.717, 1.165) is 39.5 Å². The number of ether oxygens (including phenoxy) is 2. The van der Waals surface area contributed by atoms with E-state index < -0.39 is 0 Å². The van der Waals surface area contributed by atoms with Gasteiger partial charge in [-0.25, -0.2) is 9.97 Å². The topological polar surface area (TPSA) is 80.3 Å². The van der Waals surface area contributed by atoms with Crippen molar-refractivity contribution >= 4 is 10.9 Å². The Morgan fingerprint density at radius 2 is 2.00 bits per heavy atom. The number of H-pyrrole nitrogens is 1. The highest BCUT2D eigenvalue weighted by molar-refractivity contribution is 5.79. The SMILES string of the molecule is O=c1c2c([nH]c3ccccc13)C(c1ccc3c(c1)OCO3)N(Cc1ccncn1)C2. The third-order valence-electron chi connectivity index (χ3n) is 5.76. The monoisotopic (exact) mass is 398 g/mol. The number of aromatic nitrogens is 3. The number of rotatable bonds is 3. The van der Waals surface area contributed by atoms with Crippen molar-refractivity contribution in [3.8, 4) is 11.5 Å². The largest absolute Gasteiger partial charge is 0.454 e. The van der Waals surface area contributed by atoms with Crippen LogP contribution in [0.1, 0.15) is 28.6 Å². The normalized spacial score (nSPS) is 17.4. The first-order chi connectivity index (χ1) is 14.8. The summed E-state index contributed by atoms with van der Waals surface area (Å²) in [4.78, 5) is 27.4. The van der Waals surface area contributed by atoms with E-state index in [-0.39, 0.29) is 18.3 Å². The Labute approximate surface area is 171 Å². The summed E-state index contributed by atoms with van der Waals surface area (Å²) in [6.07, 6.45) is 3.29. The van der Waals surface area contributed by atoms with Gasteiger partial charge in [0.2, 0.25) is 6.79 Å². The van der Waals surface area contributed by atoms with Crippen molar-refractivity contribution in [1.29, 1.82) is 0 Å². The number of fused-ring (bicyclic) bond motifs is 3. The molecular weight excluding hydrogens is 380 g/mol. The minimum absolute atomic E-state index is 0.0790. The van der Waals surface area contributed by atoms with E-state index >= 15 is 0 Å². The molecule has 2 aliphatic rings. The summed E-state index contributed by atoms with van der Waals surface area (Å²) < 4.78 is 11.1. The molecule has 0 aliphatic carbocycles. The summed E-state index contributed by atoms with van der Waals surface area (Å²) in [5, 5.41) is 0.713. The molecule has 148 valence electrons.